The summed E-state index contributed by atoms with van der Waals surface area (Å²) in [7, 11) is 3.22. The van der Waals surface area contributed by atoms with E-state index >= 15 is 0 Å². The molecule has 0 fully saturated rings. The van der Waals surface area contributed by atoms with E-state index in [1.165, 1.54) is 11.8 Å². The highest BCUT2D eigenvalue weighted by Gasteiger charge is 2.16. The molecule has 0 aliphatic carbocycles. The van der Waals surface area contributed by atoms with Crippen LogP contribution in [-0.4, -0.2) is 36.5 Å². The monoisotopic (exact) mass is 518 g/mol. The van der Waals surface area contributed by atoms with Crippen LogP contribution in [0.25, 0.3) is 0 Å². The Morgan fingerprint density at radius 2 is 1.78 bits per heavy atom. The van der Waals surface area contributed by atoms with Gasteiger partial charge in [0.2, 0.25) is 0 Å². The highest BCUT2D eigenvalue weighted by molar-refractivity contribution is 9.10. The van der Waals surface area contributed by atoms with Gasteiger partial charge in [-0.15, -0.1) is 0 Å². The molecular weight excluding hydrogens is 492 g/mol. The second-order valence-corrected chi connectivity index (χ2v) is 9.40. The molecule has 1 N–H and O–H groups in total. The molecule has 0 saturated carbocycles. The van der Waals surface area contributed by atoms with E-state index in [9.17, 15) is 4.79 Å². The molecule has 3 aromatic rings. The molecule has 170 valence electrons. The largest absolute Gasteiger partial charge is 0.493 e. The lowest BCUT2D eigenvalue weighted by atomic mass is 9.98. The maximum Gasteiger partial charge on any atom is 0.255 e. The van der Waals surface area contributed by atoms with E-state index < -0.39 is 0 Å². The summed E-state index contributed by atoms with van der Waals surface area (Å²) in [6, 6.07) is 13.4. The second-order valence-electron chi connectivity index (χ2n) is 7.40. The van der Waals surface area contributed by atoms with Gasteiger partial charge in [-0.3, -0.25) is 4.79 Å². The van der Waals surface area contributed by atoms with Gasteiger partial charge in [-0.05, 0) is 47.9 Å². The molecule has 2 aromatic carbocycles. The quantitative estimate of drug-likeness (QED) is 0.219. The average Bonchev–Trinajstić information content (AvgIpc) is 2.77. The smallest absolute Gasteiger partial charge is 0.255 e. The Bertz CT molecular complexity index is 1100. The fourth-order valence-electron chi connectivity index (χ4n) is 3.32. The Kier molecular flexibility index (Phi) is 8.64. The standard InChI is InChI=1S/C24H27BrN2O4S/c1-15(2)22-19(13-16-5-10-20(29-3)21(14-16)30-4)26-24(27-23(22)28)32-12-11-31-18-8-6-17(25)7-9-18/h5-10,14-15H,11-13H2,1-4H3,(H,26,27,28). The first-order valence-corrected chi connectivity index (χ1v) is 12.0. The third-order valence-electron chi connectivity index (χ3n) is 4.81. The first-order chi connectivity index (χ1) is 15.4. The van der Waals surface area contributed by atoms with Gasteiger partial charge in [0, 0.05) is 22.2 Å². The van der Waals surface area contributed by atoms with Gasteiger partial charge in [0.25, 0.3) is 5.56 Å². The Hall–Kier alpha value is -2.45. The van der Waals surface area contributed by atoms with Crippen LogP contribution in [0.2, 0.25) is 0 Å². The van der Waals surface area contributed by atoms with Crippen LogP contribution in [0.5, 0.6) is 17.2 Å². The molecule has 32 heavy (non-hydrogen) atoms. The maximum atomic E-state index is 12.8. The predicted molar refractivity (Wildman–Crippen MR) is 132 cm³/mol. The minimum atomic E-state index is -0.0956. The number of thioether (sulfide) groups is 1. The summed E-state index contributed by atoms with van der Waals surface area (Å²) in [6.45, 7) is 4.51. The summed E-state index contributed by atoms with van der Waals surface area (Å²) in [4.78, 5) is 20.5. The van der Waals surface area contributed by atoms with Gasteiger partial charge in [-0.25, -0.2) is 4.98 Å². The van der Waals surface area contributed by atoms with E-state index in [0.29, 0.717) is 41.0 Å². The molecule has 6 nitrogen and oxygen atoms in total. The van der Waals surface area contributed by atoms with Crippen LogP contribution in [-0.2, 0) is 6.42 Å². The van der Waals surface area contributed by atoms with Gasteiger partial charge >= 0.3 is 0 Å². The van der Waals surface area contributed by atoms with Crippen molar-refractivity contribution in [3.05, 3.63) is 74.1 Å². The summed E-state index contributed by atoms with van der Waals surface area (Å²) in [6.07, 6.45) is 0.529. The summed E-state index contributed by atoms with van der Waals surface area (Å²) in [5, 5.41) is 0.592. The minimum Gasteiger partial charge on any atom is -0.493 e. The van der Waals surface area contributed by atoms with Gasteiger partial charge in [-0.1, -0.05) is 47.6 Å². The van der Waals surface area contributed by atoms with Crippen LogP contribution >= 0.6 is 27.7 Å². The number of aromatic amines is 1. The van der Waals surface area contributed by atoms with Gasteiger partial charge < -0.3 is 19.2 Å². The molecule has 1 aromatic heterocycles. The lowest BCUT2D eigenvalue weighted by Gasteiger charge is -2.14. The van der Waals surface area contributed by atoms with E-state index in [0.717, 1.165) is 21.5 Å². The van der Waals surface area contributed by atoms with Crippen molar-refractivity contribution in [3.63, 3.8) is 0 Å². The highest BCUT2D eigenvalue weighted by Crippen LogP contribution is 2.29. The maximum absolute atomic E-state index is 12.8. The Morgan fingerprint density at radius 1 is 1.06 bits per heavy atom. The molecule has 0 aliphatic rings. The number of aromatic nitrogens is 2. The van der Waals surface area contributed by atoms with Gasteiger partial charge in [-0.2, -0.15) is 0 Å². The second kappa shape index (κ2) is 11.4. The van der Waals surface area contributed by atoms with Gasteiger partial charge in [0.05, 0.1) is 26.5 Å². The summed E-state index contributed by atoms with van der Waals surface area (Å²) in [5.41, 5.74) is 2.38. The zero-order valence-corrected chi connectivity index (χ0v) is 21.0. The number of halogens is 1. The van der Waals surface area contributed by atoms with E-state index in [1.54, 1.807) is 14.2 Å². The van der Waals surface area contributed by atoms with Gasteiger partial charge in [0.15, 0.2) is 16.7 Å². The fourth-order valence-corrected chi connectivity index (χ4v) is 4.28. The number of hydrogen-bond acceptors (Lipinski definition) is 6. The number of nitrogens with zero attached hydrogens (tertiary/aromatic N) is 1. The van der Waals surface area contributed by atoms with E-state index in [1.807, 2.05) is 56.3 Å². The van der Waals surface area contributed by atoms with Crippen LogP contribution < -0.4 is 19.8 Å². The van der Waals surface area contributed by atoms with Crippen molar-refractivity contribution in [2.24, 2.45) is 0 Å². The first kappa shape index (κ1) is 24.2. The summed E-state index contributed by atoms with van der Waals surface area (Å²) >= 11 is 4.88. The molecule has 0 radical (unpaired) electrons. The number of benzene rings is 2. The number of hydrogen-bond donors (Lipinski definition) is 1. The van der Waals surface area contributed by atoms with Crippen molar-refractivity contribution < 1.29 is 14.2 Å². The Balaban J connectivity index is 1.75. The lowest BCUT2D eigenvalue weighted by Crippen LogP contribution is -2.20. The zero-order chi connectivity index (χ0) is 23.1. The molecule has 0 amide bonds. The minimum absolute atomic E-state index is 0.0566. The number of methoxy groups -OCH3 is 2. The third kappa shape index (κ3) is 6.29. The van der Waals surface area contributed by atoms with Crippen molar-refractivity contribution in [1.82, 2.24) is 9.97 Å². The SMILES string of the molecule is COc1ccc(Cc2nc(SCCOc3ccc(Br)cc3)[nH]c(=O)c2C(C)C)cc1OC. The first-order valence-electron chi connectivity index (χ1n) is 10.3. The Labute approximate surface area is 200 Å². The van der Waals surface area contributed by atoms with Crippen molar-refractivity contribution in [3.8, 4) is 17.2 Å². The zero-order valence-electron chi connectivity index (χ0n) is 18.6. The molecule has 3 rings (SSSR count). The molecule has 0 unspecified atom stereocenters. The third-order valence-corrected chi connectivity index (χ3v) is 6.18. The van der Waals surface area contributed by atoms with E-state index in [-0.39, 0.29) is 11.5 Å². The van der Waals surface area contributed by atoms with Gasteiger partial charge in [0.1, 0.15) is 5.75 Å². The molecule has 0 aliphatic heterocycles. The molecule has 1 heterocycles. The number of rotatable bonds is 10. The normalized spacial score (nSPS) is 10.9. The van der Waals surface area contributed by atoms with Crippen LogP contribution in [0.3, 0.4) is 0 Å². The van der Waals surface area contributed by atoms with Crippen molar-refractivity contribution in [2.45, 2.75) is 31.3 Å². The van der Waals surface area contributed by atoms with Crippen LogP contribution in [0.15, 0.2) is 56.9 Å². The topological polar surface area (TPSA) is 73.4 Å². The number of ether oxygens (including phenoxy) is 3. The highest BCUT2D eigenvalue weighted by atomic mass is 79.9. The van der Waals surface area contributed by atoms with Crippen LogP contribution in [0, 0.1) is 0 Å². The van der Waals surface area contributed by atoms with Crippen LogP contribution in [0.1, 0.15) is 36.6 Å². The number of H-pyrrole nitrogens is 1. The number of nitrogens with one attached hydrogen (secondary N) is 1. The molecule has 0 spiro atoms. The molecule has 8 heteroatoms. The van der Waals surface area contributed by atoms with Crippen molar-refractivity contribution in [2.75, 3.05) is 26.6 Å². The molecule has 0 bridgehead atoms. The Morgan fingerprint density at radius 3 is 2.44 bits per heavy atom. The molecular formula is C24H27BrN2O4S. The van der Waals surface area contributed by atoms with E-state index in [4.69, 9.17) is 19.2 Å². The summed E-state index contributed by atoms with van der Waals surface area (Å²) in [5.74, 6) is 2.85. The predicted octanol–water partition coefficient (Wildman–Crippen LogP) is 5.43. The van der Waals surface area contributed by atoms with Crippen molar-refractivity contribution in [1.29, 1.82) is 0 Å². The van der Waals surface area contributed by atoms with E-state index in [2.05, 4.69) is 20.9 Å². The molecule has 0 atom stereocenters. The van der Waals surface area contributed by atoms with Crippen molar-refractivity contribution >= 4 is 27.7 Å². The average molecular weight is 519 g/mol. The van der Waals surface area contributed by atoms with Crippen LogP contribution in [0.4, 0.5) is 0 Å². The summed E-state index contributed by atoms with van der Waals surface area (Å²) < 4.78 is 17.5. The molecule has 0 saturated heterocycles. The lowest BCUT2D eigenvalue weighted by molar-refractivity contribution is 0.344. The fraction of sp³-hybridized carbons (Fsp3) is 0.333.